The molecule has 5 nitrogen and oxygen atoms in total. The average molecular weight is 296 g/mol. The molecule has 0 spiro atoms. The molecular weight excluding hydrogens is 276 g/mol. The maximum atomic E-state index is 12.4. The standard InChI is InChI=1S/C14H20N2O3S/c1-2-16(7-5-12-15-6-8-20-12)13(17)10-3-4-11(9-10)14(18)19/h6,8,10-11H,2-5,7,9H2,1H3,(H,18,19)/t10-,11+/m1/s1. The fourth-order valence-electron chi connectivity index (χ4n) is 2.72. The second-order valence-electron chi connectivity index (χ2n) is 5.14. The molecule has 2 rings (SSSR count). The van der Waals surface area contributed by atoms with Crippen LogP contribution in [0.15, 0.2) is 11.6 Å². The second-order valence-corrected chi connectivity index (χ2v) is 6.12. The fourth-order valence-corrected chi connectivity index (χ4v) is 3.33. The molecule has 0 bridgehead atoms. The van der Waals surface area contributed by atoms with Crippen LogP contribution in [-0.2, 0) is 16.0 Å². The van der Waals surface area contributed by atoms with Gasteiger partial charge in [0.2, 0.25) is 5.91 Å². The third-order valence-corrected chi connectivity index (χ3v) is 4.74. The van der Waals surface area contributed by atoms with Gasteiger partial charge in [0.15, 0.2) is 0 Å². The van der Waals surface area contributed by atoms with Crippen molar-refractivity contribution in [3.05, 3.63) is 16.6 Å². The van der Waals surface area contributed by atoms with Gasteiger partial charge < -0.3 is 10.0 Å². The summed E-state index contributed by atoms with van der Waals surface area (Å²) in [5, 5.41) is 12.0. The van der Waals surface area contributed by atoms with Crippen molar-refractivity contribution >= 4 is 23.2 Å². The van der Waals surface area contributed by atoms with Crippen molar-refractivity contribution in [2.75, 3.05) is 13.1 Å². The summed E-state index contributed by atoms with van der Waals surface area (Å²) in [6, 6.07) is 0. The van der Waals surface area contributed by atoms with Gasteiger partial charge in [0.1, 0.15) is 0 Å². The van der Waals surface area contributed by atoms with Crippen LogP contribution < -0.4 is 0 Å². The largest absolute Gasteiger partial charge is 0.481 e. The number of carboxylic acids is 1. The molecule has 0 aliphatic heterocycles. The predicted molar refractivity (Wildman–Crippen MR) is 76.5 cm³/mol. The molecule has 0 radical (unpaired) electrons. The first-order chi connectivity index (χ1) is 9.61. The SMILES string of the molecule is CCN(CCc1nccs1)C(=O)[C@@H]1CC[C@H](C(=O)O)C1. The molecule has 0 aromatic carbocycles. The molecule has 0 saturated heterocycles. The Balaban J connectivity index is 1.87. The highest BCUT2D eigenvalue weighted by molar-refractivity contribution is 7.09. The van der Waals surface area contributed by atoms with E-state index in [-0.39, 0.29) is 17.7 Å². The zero-order valence-corrected chi connectivity index (χ0v) is 12.4. The molecule has 1 aromatic rings. The minimum absolute atomic E-state index is 0.104. The summed E-state index contributed by atoms with van der Waals surface area (Å²) in [5.74, 6) is -1.13. The first-order valence-electron chi connectivity index (χ1n) is 7.01. The number of aliphatic carboxylic acids is 1. The van der Waals surface area contributed by atoms with Crippen LogP contribution in [0.25, 0.3) is 0 Å². The third kappa shape index (κ3) is 3.56. The Bertz CT molecular complexity index is 461. The number of hydrogen-bond acceptors (Lipinski definition) is 4. The number of hydrogen-bond donors (Lipinski definition) is 1. The summed E-state index contributed by atoms with van der Waals surface area (Å²) >= 11 is 1.60. The number of thiazole rings is 1. The lowest BCUT2D eigenvalue weighted by molar-refractivity contribution is -0.141. The van der Waals surface area contributed by atoms with E-state index < -0.39 is 5.97 Å². The van der Waals surface area contributed by atoms with Crippen molar-refractivity contribution in [3.63, 3.8) is 0 Å². The van der Waals surface area contributed by atoms with Gasteiger partial charge >= 0.3 is 5.97 Å². The van der Waals surface area contributed by atoms with E-state index in [9.17, 15) is 9.59 Å². The van der Waals surface area contributed by atoms with Crippen LogP contribution in [-0.4, -0.2) is 40.0 Å². The molecule has 6 heteroatoms. The van der Waals surface area contributed by atoms with Crippen LogP contribution in [0.4, 0.5) is 0 Å². The Kier molecular flexibility index (Phi) is 5.11. The molecule has 1 aromatic heterocycles. The average Bonchev–Trinajstić information content (AvgIpc) is 3.10. The van der Waals surface area contributed by atoms with Gasteiger partial charge in [-0.1, -0.05) is 0 Å². The van der Waals surface area contributed by atoms with Crippen molar-refractivity contribution in [1.82, 2.24) is 9.88 Å². The van der Waals surface area contributed by atoms with Crippen LogP contribution in [0.3, 0.4) is 0 Å². The second kappa shape index (κ2) is 6.83. The zero-order chi connectivity index (χ0) is 14.5. The lowest BCUT2D eigenvalue weighted by atomic mass is 10.0. The van der Waals surface area contributed by atoms with Crippen molar-refractivity contribution in [1.29, 1.82) is 0 Å². The molecule has 1 fully saturated rings. The van der Waals surface area contributed by atoms with E-state index in [2.05, 4.69) is 4.98 Å². The number of aromatic nitrogens is 1. The van der Waals surface area contributed by atoms with E-state index >= 15 is 0 Å². The maximum Gasteiger partial charge on any atom is 0.306 e. The Morgan fingerprint density at radius 1 is 1.45 bits per heavy atom. The minimum Gasteiger partial charge on any atom is -0.481 e. The van der Waals surface area contributed by atoms with E-state index in [1.165, 1.54) is 0 Å². The molecule has 0 unspecified atom stereocenters. The first kappa shape index (κ1) is 15.0. The summed E-state index contributed by atoms with van der Waals surface area (Å²) in [6.45, 7) is 3.29. The molecule has 1 N–H and O–H groups in total. The highest BCUT2D eigenvalue weighted by atomic mass is 32.1. The Morgan fingerprint density at radius 2 is 2.20 bits per heavy atom. The summed E-state index contributed by atoms with van der Waals surface area (Å²) < 4.78 is 0. The number of nitrogens with zero attached hydrogens (tertiary/aromatic N) is 2. The van der Waals surface area contributed by atoms with E-state index in [0.717, 1.165) is 11.4 Å². The first-order valence-corrected chi connectivity index (χ1v) is 7.89. The lowest BCUT2D eigenvalue weighted by Crippen LogP contribution is -2.37. The van der Waals surface area contributed by atoms with Gasteiger partial charge in [-0.05, 0) is 26.2 Å². The summed E-state index contributed by atoms with van der Waals surface area (Å²) in [4.78, 5) is 29.4. The minimum atomic E-state index is -0.772. The quantitative estimate of drug-likeness (QED) is 0.872. The van der Waals surface area contributed by atoms with Crippen molar-refractivity contribution in [2.24, 2.45) is 11.8 Å². The molecule has 2 atom stereocenters. The van der Waals surface area contributed by atoms with Gasteiger partial charge in [0, 0.05) is 37.0 Å². The van der Waals surface area contributed by atoms with E-state index in [1.807, 2.05) is 17.2 Å². The third-order valence-electron chi connectivity index (χ3n) is 3.90. The molecule has 110 valence electrons. The van der Waals surface area contributed by atoms with E-state index in [1.54, 1.807) is 17.5 Å². The van der Waals surface area contributed by atoms with Gasteiger partial charge in [0.05, 0.1) is 10.9 Å². The van der Waals surface area contributed by atoms with Crippen LogP contribution in [0, 0.1) is 11.8 Å². The Morgan fingerprint density at radius 3 is 2.75 bits per heavy atom. The zero-order valence-electron chi connectivity index (χ0n) is 11.6. The summed E-state index contributed by atoms with van der Waals surface area (Å²) in [6.07, 6.45) is 4.35. The van der Waals surface area contributed by atoms with E-state index in [4.69, 9.17) is 5.11 Å². The number of rotatable bonds is 6. The summed E-state index contributed by atoms with van der Waals surface area (Å²) in [7, 11) is 0. The maximum absolute atomic E-state index is 12.4. The van der Waals surface area contributed by atoms with E-state index in [0.29, 0.717) is 32.4 Å². The molecule has 1 aliphatic carbocycles. The van der Waals surface area contributed by atoms with Gasteiger partial charge in [0.25, 0.3) is 0 Å². The highest BCUT2D eigenvalue weighted by Crippen LogP contribution is 2.32. The van der Waals surface area contributed by atoms with Gasteiger partial charge in [-0.2, -0.15) is 0 Å². The molecule has 1 amide bonds. The highest BCUT2D eigenvalue weighted by Gasteiger charge is 2.35. The fraction of sp³-hybridized carbons (Fsp3) is 0.643. The van der Waals surface area contributed by atoms with Gasteiger partial charge in [-0.25, -0.2) is 4.98 Å². The lowest BCUT2D eigenvalue weighted by Gasteiger charge is -2.23. The number of likely N-dealkylation sites (N-methyl/N-ethyl adjacent to an activating group) is 1. The number of carboxylic acid groups (broad SMARTS) is 1. The number of carbonyl (C=O) groups is 2. The topological polar surface area (TPSA) is 70.5 Å². The number of carbonyl (C=O) groups excluding carboxylic acids is 1. The molecule has 1 heterocycles. The van der Waals surface area contributed by atoms with Crippen molar-refractivity contribution in [2.45, 2.75) is 32.6 Å². The van der Waals surface area contributed by atoms with Crippen LogP contribution in [0.5, 0.6) is 0 Å². The molecule has 1 saturated carbocycles. The number of amides is 1. The summed E-state index contributed by atoms with van der Waals surface area (Å²) in [5.41, 5.74) is 0. The van der Waals surface area contributed by atoms with Crippen LogP contribution in [0.1, 0.15) is 31.2 Å². The molecule has 1 aliphatic rings. The van der Waals surface area contributed by atoms with Gasteiger partial charge in [-0.3, -0.25) is 9.59 Å². The van der Waals surface area contributed by atoms with Crippen LogP contribution in [0.2, 0.25) is 0 Å². The molecule has 20 heavy (non-hydrogen) atoms. The normalized spacial score (nSPS) is 21.9. The smallest absolute Gasteiger partial charge is 0.306 e. The molecular formula is C14H20N2O3S. The Labute approximate surface area is 122 Å². The van der Waals surface area contributed by atoms with Crippen LogP contribution >= 0.6 is 11.3 Å². The van der Waals surface area contributed by atoms with Gasteiger partial charge in [-0.15, -0.1) is 11.3 Å². The van der Waals surface area contributed by atoms with Crippen molar-refractivity contribution in [3.8, 4) is 0 Å². The Hall–Kier alpha value is -1.43. The monoisotopic (exact) mass is 296 g/mol. The predicted octanol–water partition coefficient (Wildman–Crippen LogP) is 2.04. The van der Waals surface area contributed by atoms with Crippen molar-refractivity contribution < 1.29 is 14.7 Å².